The van der Waals surface area contributed by atoms with Crippen molar-refractivity contribution in [2.75, 3.05) is 13.2 Å². The Kier molecular flexibility index (Phi) is 6.71. The van der Waals surface area contributed by atoms with Crippen molar-refractivity contribution in [1.29, 1.82) is 0 Å². The molecule has 1 aliphatic heterocycles. The van der Waals surface area contributed by atoms with Crippen LogP contribution >= 0.6 is 0 Å². The summed E-state index contributed by atoms with van der Waals surface area (Å²) in [5, 5.41) is 41.0. The van der Waals surface area contributed by atoms with Crippen molar-refractivity contribution in [3.63, 3.8) is 0 Å². The van der Waals surface area contributed by atoms with Crippen LogP contribution in [0.15, 0.2) is 48.5 Å². The molecule has 2 aromatic carbocycles. The second-order valence-electron chi connectivity index (χ2n) is 7.44. The number of amides is 1. The fourth-order valence-electron chi connectivity index (χ4n) is 3.44. The van der Waals surface area contributed by atoms with Crippen molar-refractivity contribution < 1.29 is 34.8 Å². The largest absolute Gasteiger partial charge is 0.508 e. The number of aromatic hydroxyl groups is 1. The van der Waals surface area contributed by atoms with Crippen molar-refractivity contribution in [2.45, 2.75) is 37.0 Å². The van der Waals surface area contributed by atoms with E-state index in [4.69, 9.17) is 9.84 Å². The normalized spacial score (nSPS) is 21.9. The standard InChI is InChI=1S/C22H25NO7/c24-11-1-2-14-3-5-16(6-4-14)19(20(26)27)23-21(28)22(29)12-18(30-13-22)15-7-9-17(25)10-8-15/h3-10,18-19,24-25,29H,1-2,11-13H2,(H,23,28)(H,26,27). The van der Waals surface area contributed by atoms with Gasteiger partial charge in [0.2, 0.25) is 0 Å². The number of rotatable bonds is 8. The first kappa shape index (κ1) is 21.8. The number of aryl methyl sites for hydroxylation is 1. The number of hydrogen-bond acceptors (Lipinski definition) is 6. The molecule has 3 unspecified atom stereocenters. The van der Waals surface area contributed by atoms with Crippen LogP contribution in [0.1, 0.15) is 41.7 Å². The molecule has 3 rings (SSSR count). The minimum Gasteiger partial charge on any atom is -0.508 e. The summed E-state index contributed by atoms with van der Waals surface area (Å²) < 4.78 is 5.56. The van der Waals surface area contributed by atoms with Crippen molar-refractivity contribution in [2.24, 2.45) is 0 Å². The zero-order chi connectivity index (χ0) is 21.7. The third kappa shape index (κ3) is 4.96. The van der Waals surface area contributed by atoms with Gasteiger partial charge in [-0.2, -0.15) is 0 Å². The van der Waals surface area contributed by atoms with Gasteiger partial charge in [-0.15, -0.1) is 0 Å². The molecule has 3 atom stereocenters. The minimum atomic E-state index is -1.86. The third-order valence-corrected chi connectivity index (χ3v) is 5.19. The van der Waals surface area contributed by atoms with Crippen LogP contribution < -0.4 is 5.32 Å². The highest BCUT2D eigenvalue weighted by Gasteiger charge is 2.46. The Hall–Kier alpha value is -2.94. The van der Waals surface area contributed by atoms with Gasteiger partial charge in [-0.25, -0.2) is 4.79 Å². The summed E-state index contributed by atoms with van der Waals surface area (Å²) in [5.74, 6) is -1.97. The molecule has 0 spiro atoms. The predicted octanol–water partition coefficient (Wildman–Crippen LogP) is 1.45. The van der Waals surface area contributed by atoms with Crippen LogP contribution in [0, 0.1) is 0 Å². The number of carboxylic acids is 1. The van der Waals surface area contributed by atoms with Crippen LogP contribution in [0.5, 0.6) is 5.75 Å². The fourth-order valence-corrected chi connectivity index (χ4v) is 3.44. The Morgan fingerprint density at radius 1 is 1.13 bits per heavy atom. The SMILES string of the molecule is O=C(O)C(NC(=O)C1(O)COC(c2ccc(O)cc2)C1)c1ccc(CCCO)cc1. The third-order valence-electron chi connectivity index (χ3n) is 5.19. The van der Waals surface area contributed by atoms with Crippen LogP contribution in [0.4, 0.5) is 0 Å². The molecule has 8 nitrogen and oxygen atoms in total. The molecule has 30 heavy (non-hydrogen) atoms. The molecule has 1 saturated heterocycles. The Bertz CT molecular complexity index is 881. The molecule has 2 aromatic rings. The van der Waals surface area contributed by atoms with Crippen LogP contribution in [0.25, 0.3) is 0 Å². The van der Waals surface area contributed by atoms with Gasteiger partial charge in [0, 0.05) is 13.0 Å². The van der Waals surface area contributed by atoms with E-state index < -0.39 is 29.6 Å². The fraction of sp³-hybridized carbons (Fsp3) is 0.364. The number of aliphatic hydroxyl groups excluding tert-OH is 1. The molecular formula is C22H25NO7. The van der Waals surface area contributed by atoms with Gasteiger partial charge in [-0.05, 0) is 41.7 Å². The lowest BCUT2D eigenvalue weighted by Crippen LogP contribution is -2.49. The lowest BCUT2D eigenvalue weighted by molar-refractivity contribution is -0.147. The molecule has 0 bridgehead atoms. The first-order chi connectivity index (χ1) is 14.3. The van der Waals surface area contributed by atoms with Gasteiger partial charge in [0.05, 0.1) is 12.7 Å². The van der Waals surface area contributed by atoms with E-state index in [9.17, 15) is 24.9 Å². The maximum Gasteiger partial charge on any atom is 0.330 e. The number of nitrogens with one attached hydrogen (secondary N) is 1. The van der Waals surface area contributed by atoms with Gasteiger partial charge in [0.1, 0.15) is 5.75 Å². The molecule has 5 N–H and O–H groups in total. The van der Waals surface area contributed by atoms with E-state index in [2.05, 4.69) is 5.32 Å². The van der Waals surface area contributed by atoms with E-state index >= 15 is 0 Å². The summed E-state index contributed by atoms with van der Waals surface area (Å²) in [6, 6.07) is 11.7. The van der Waals surface area contributed by atoms with Crippen LogP contribution in [-0.2, 0) is 20.7 Å². The number of aliphatic hydroxyl groups is 2. The first-order valence-corrected chi connectivity index (χ1v) is 9.69. The average Bonchev–Trinajstić information content (AvgIpc) is 3.14. The topological polar surface area (TPSA) is 136 Å². The van der Waals surface area contributed by atoms with Gasteiger partial charge in [0.15, 0.2) is 11.6 Å². The second kappa shape index (κ2) is 9.25. The quantitative estimate of drug-likeness (QED) is 0.440. The Labute approximate surface area is 173 Å². The van der Waals surface area contributed by atoms with Crippen LogP contribution in [-0.4, -0.2) is 51.1 Å². The van der Waals surface area contributed by atoms with Gasteiger partial charge in [-0.1, -0.05) is 36.4 Å². The van der Waals surface area contributed by atoms with E-state index in [1.165, 1.54) is 12.1 Å². The molecule has 1 amide bonds. The summed E-state index contributed by atoms with van der Waals surface area (Å²) in [7, 11) is 0. The summed E-state index contributed by atoms with van der Waals surface area (Å²) in [4.78, 5) is 24.5. The number of phenolic OH excluding ortho intramolecular Hbond substituents is 1. The highest BCUT2D eigenvalue weighted by atomic mass is 16.5. The van der Waals surface area contributed by atoms with Gasteiger partial charge in [-0.3, -0.25) is 4.79 Å². The van der Waals surface area contributed by atoms with Crippen molar-refractivity contribution in [3.8, 4) is 5.75 Å². The molecule has 1 aliphatic rings. The maximum atomic E-state index is 12.7. The number of carboxylic acid groups (broad SMARTS) is 1. The maximum absolute atomic E-state index is 12.7. The van der Waals surface area contributed by atoms with Crippen molar-refractivity contribution >= 4 is 11.9 Å². The average molecular weight is 415 g/mol. The van der Waals surface area contributed by atoms with Gasteiger partial charge >= 0.3 is 5.97 Å². The number of aliphatic carboxylic acids is 1. The number of phenols is 1. The number of benzene rings is 2. The van der Waals surface area contributed by atoms with Gasteiger partial charge in [0.25, 0.3) is 5.91 Å². The molecule has 0 radical (unpaired) electrons. The smallest absolute Gasteiger partial charge is 0.330 e. The van der Waals surface area contributed by atoms with Crippen molar-refractivity contribution in [3.05, 3.63) is 65.2 Å². The van der Waals surface area contributed by atoms with E-state index in [0.29, 0.717) is 24.0 Å². The summed E-state index contributed by atoms with van der Waals surface area (Å²) in [6.07, 6.45) is 0.691. The number of carbonyl (C=O) groups excluding carboxylic acids is 1. The highest BCUT2D eigenvalue weighted by molar-refractivity contribution is 5.90. The summed E-state index contributed by atoms with van der Waals surface area (Å²) >= 11 is 0. The Morgan fingerprint density at radius 3 is 2.40 bits per heavy atom. The Balaban J connectivity index is 1.69. The predicted molar refractivity (Wildman–Crippen MR) is 107 cm³/mol. The highest BCUT2D eigenvalue weighted by Crippen LogP contribution is 2.36. The lowest BCUT2D eigenvalue weighted by Gasteiger charge is -2.23. The van der Waals surface area contributed by atoms with Gasteiger partial charge < -0.3 is 30.5 Å². The van der Waals surface area contributed by atoms with E-state index in [1.807, 2.05) is 0 Å². The molecule has 8 heteroatoms. The second-order valence-corrected chi connectivity index (χ2v) is 7.44. The first-order valence-electron chi connectivity index (χ1n) is 9.69. The summed E-state index contributed by atoms with van der Waals surface area (Å²) in [6.45, 7) is -0.196. The van der Waals surface area contributed by atoms with Crippen LogP contribution in [0.2, 0.25) is 0 Å². The molecule has 0 aromatic heterocycles. The van der Waals surface area contributed by atoms with Crippen LogP contribution in [0.3, 0.4) is 0 Å². The minimum absolute atomic E-state index is 0.0317. The van der Waals surface area contributed by atoms with E-state index in [0.717, 1.165) is 5.56 Å². The number of hydrogen-bond donors (Lipinski definition) is 5. The molecule has 0 aliphatic carbocycles. The molecule has 1 fully saturated rings. The zero-order valence-electron chi connectivity index (χ0n) is 16.3. The van der Waals surface area contributed by atoms with E-state index in [-0.39, 0.29) is 25.4 Å². The van der Waals surface area contributed by atoms with Crippen molar-refractivity contribution in [1.82, 2.24) is 5.32 Å². The summed E-state index contributed by atoms with van der Waals surface area (Å²) in [5.41, 5.74) is 0.158. The lowest BCUT2D eigenvalue weighted by atomic mass is 9.94. The molecular weight excluding hydrogens is 390 g/mol. The van der Waals surface area contributed by atoms with E-state index in [1.54, 1.807) is 36.4 Å². The molecule has 0 saturated carbocycles. The monoisotopic (exact) mass is 415 g/mol. The molecule has 160 valence electrons. The Morgan fingerprint density at radius 2 is 1.80 bits per heavy atom. The number of ether oxygens (including phenoxy) is 1. The zero-order valence-corrected chi connectivity index (χ0v) is 16.3. The molecule has 1 heterocycles. The number of carbonyl (C=O) groups is 2.